The van der Waals surface area contributed by atoms with E-state index in [9.17, 15) is 0 Å². The number of nitrogens with zero attached hydrogens (tertiary/aromatic N) is 6. The molecule has 0 saturated carbocycles. The lowest BCUT2D eigenvalue weighted by molar-refractivity contribution is 0.996. The maximum absolute atomic E-state index is 5.45. The normalized spacial score (nSPS) is 13.7. The van der Waals surface area contributed by atoms with Crippen LogP contribution in [0.1, 0.15) is 12.8 Å². The molecule has 8 bridgehead atoms. The zero-order valence-electron chi connectivity index (χ0n) is 33.5. The first-order valence-corrected chi connectivity index (χ1v) is 20.9. The molecule has 2 aliphatic rings. The SMILES string of the molecule is C1=CC(N2c3cccc(c3)N(c3ccccc3)c3cccc(c3)N(c3ccccc3)c3cccc(c3)N(c3nc4ccccc4n3-c3ccccc3)c3cccc2c3)=CCC1. The molecule has 0 radical (unpaired) electrons. The van der Waals surface area contributed by atoms with E-state index < -0.39 is 0 Å². The second kappa shape index (κ2) is 15.6. The van der Waals surface area contributed by atoms with E-state index in [1.165, 1.54) is 0 Å². The van der Waals surface area contributed by atoms with Crippen molar-refractivity contribution >= 4 is 73.9 Å². The number of para-hydroxylation sites is 5. The van der Waals surface area contributed by atoms with Gasteiger partial charge in [0.25, 0.3) is 0 Å². The number of fused-ring (bicyclic) bond motifs is 9. The Morgan fingerprint density at radius 1 is 0.328 bits per heavy atom. The van der Waals surface area contributed by atoms with Crippen LogP contribution in [-0.4, -0.2) is 9.55 Å². The van der Waals surface area contributed by atoms with Gasteiger partial charge in [0.1, 0.15) is 0 Å². The van der Waals surface area contributed by atoms with Gasteiger partial charge >= 0.3 is 0 Å². The second-order valence-corrected chi connectivity index (χ2v) is 15.3. The molecule has 0 atom stereocenters. The zero-order valence-corrected chi connectivity index (χ0v) is 33.5. The van der Waals surface area contributed by atoms with Gasteiger partial charge < -0.3 is 14.7 Å². The minimum atomic E-state index is 0.792. The lowest BCUT2D eigenvalue weighted by atomic mass is 10.1. The average molecular weight is 787 g/mol. The van der Waals surface area contributed by atoms with Crippen molar-refractivity contribution in [3.05, 3.63) is 236 Å². The highest BCUT2D eigenvalue weighted by atomic mass is 15.3. The summed E-state index contributed by atoms with van der Waals surface area (Å²) in [5.74, 6) is 0.792. The summed E-state index contributed by atoms with van der Waals surface area (Å²) in [6.45, 7) is 0. The summed E-state index contributed by atoms with van der Waals surface area (Å²) in [6.07, 6.45) is 8.89. The van der Waals surface area contributed by atoms with Crippen LogP contribution in [0, 0.1) is 0 Å². The van der Waals surface area contributed by atoms with Crippen molar-refractivity contribution in [1.29, 1.82) is 0 Å². The Morgan fingerprint density at radius 3 is 1.18 bits per heavy atom. The van der Waals surface area contributed by atoms with E-state index >= 15 is 0 Å². The van der Waals surface area contributed by atoms with Crippen LogP contribution in [0.25, 0.3) is 16.7 Å². The van der Waals surface area contributed by atoms with Gasteiger partial charge in [0.15, 0.2) is 0 Å². The number of hydrogen-bond acceptors (Lipinski definition) is 5. The van der Waals surface area contributed by atoms with E-state index in [4.69, 9.17) is 4.98 Å². The van der Waals surface area contributed by atoms with E-state index in [1.807, 2.05) is 0 Å². The third-order valence-electron chi connectivity index (χ3n) is 11.4. The van der Waals surface area contributed by atoms with Crippen molar-refractivity contribution in [2.75, 3.05) is 19.6 Å². The zero-order chi connectivity index (χ0) is 40.5. The van der Waals surface area contributed by atoms with Gasteiger partial charge in [-0.1, -0.05) is 103 Å². The minimum Gasteiger partial charge on any atom is -0.311 e. The highest BCUT2D eigenvalue weighted by molar-refractivity contribution is 5.90. The van der Waals surface area contributed by atoms with Crippen LogP contribution in [0.2, 0.25) is 0 Å². The Bertz CT molecular complexity index is 3060. The molecule has 6 heteroatoms. The summed E-state index contributed by atoms with van der Waals surface area (Å²) in [7, 11) is 0. The molecule has 0 saturated heterocycles. The lowest BCUT2D eigenvalue weighted by Crippen LogP contribution is -2.19. The van der Waals surface area contributed by atoms with Crippen LogP contribution in [0.15, 0.2) is 236 Å². The number of aromatic nitrogens is 2. The van der Waals surface area contributed by atoms with Gasteiger partial charge in [-0.05, 0) is 140 Å². The van der Waals surface area contributed by atoms with E-state index in [1.54, 1.807) is 0 Å². The standard InChI is InChI=1S/C55H42N6/c1-5-19-41(20-6-1)57-45-27-15-29-47(37-45)58(42-21-7-2-8-22-42)49-31-17-33-51(39-49)60(55-56-53-35-13-14-36-54(53)61(55)44-25-11-4-12-26-44)52-34-18-32-50(40-52)59(43-23-9-3-10-24-43)48-30-16-28-46(57)38-48/h1-2,4-9,11-40H,3,10H2. The third kappa shape index (κ3) is 6.70. The molecule has 1 aliphatic carbocycles. The number of hydrogen-bond donors (Lipinski definition) is 0. The molecule has 61 heavy (non-hydrogen) atoms. The third-order valence-corrected chi connectivity index (χ3v) is 11.4. The number of allylic oxidation sites excluding steroid dienone is 3. The van der Waals surface area contributed by atoms with E-state index in [-0.39, 0.29) is 0 Å². The summed E-state index contributed by atoms with van der Waals surface area (Å²) in [5.41, 5.74) is 14.5. The number of imidazole rings is 1. The van der Waals surface area contributed by atoms with Gasteiger partial charge in [0, 0.05) is 56.9 Å². The predicted octanol–water partition coefficient (Wildman–Crippen LogP) is 15.1. The Hall–Kier alpha value is -8.09. The second-order valence-electron chi connectivity index (χ2n) is 15.3. The van der Waals surface area contributed by atoms with Gasteiger partial charge in [0.05, 0.1) is 22.4 Å². The monoisotopic (exact) mass is 786 g/mol. The first-order chi connectivity index (χ1) is 30.3. The number of anilines is 11. The average Bonchev–Trinajstić information content (AvgIpc) is 3.70. The fraction of sp³-hybridized carbons (Fsp3) is 0.0364. The maximum atomic E-state index is 5.45. The van der Waals surface area contributed by atoms with Crippen LogP contribution >= 0.6 is 0 Å². The molecular formula is C55H42N6. The summed E-state index contributed by atoms with van der Waals surface area (Å²) >= 11 is 0. The molecule has 0 fully saturated rings. The van der Waals surface area contributed by atoms with Crippen LogP contribution in [0.3, 0.4) is 0 Å². The fourth-order valence-corrected chi connectivity index (χ4v) is 8.72. The fourth-order valence-electron chi connectivity index (χ4n) is 8.72. The molecule has 6 nitrogen and oxygen atoms in total. The lowest BCUT2D eigenvalue weighted by Gasteiger charge is -2.33. The molecule has 0 spiro atoms. The first kappa shape index (κ1) is 36.0. The molecule has 2 heterocycles. The molecule has 292 valence electrons. The predicted molar refractivity (Wildman–Crippen MR) is 254 cm³/mol. The Kier molecular flexibility index (Phi) is 9.20. The van der Waals surface area contributed by atoms with Crippen molar-refractivity contribution < 1.29 is 0 Å². The Balaban J connectivity index is 1.23. The van der Waals surface area contributed by atoms with Crippen LogP contribution in [0.4, 0.5) is 62.8 Å². The van der Waals surface area contributed by atoms with Crippen molar-refractivity contribution in [2.24, 2.45) is 0 Å². The molecule has 9 aromatic rings. The van der Waals surface area contributed by atoms with Gasteiger partial charge in [-0.25, -0.2) is 4.98 Å². The topological polar surface area (TPSA) is 30.8 Å². The molecule has 11 rings (SSSR count). The van der Waals surface area contributed by atoms with Gasteiger partial charge in [-0.3, -0.25) is 9.47 Å². The molecule has 1 aromatic heterocycles. The van der Waals surface area contributed by atoms with Crippen LogP contribution in [-0.2, 0) is 0 Å². The van der Waals surface area contributed by atoms with E-state index in [0.717, 1.165) is 98.1 Å². The first-order valence-electron chi connectivity index (χ1n) is 20.9. The smallest absolute Gasteiger partial charge is 0.220 e. The molecule has 0 unspecified atom stereocenters. The molecular weight excluding hydrogens is 745 g/mol. The highest BCUT2D eigenvalue weighted by Crippen LogP contribution is 2.46. The number of rotatable bonds is 5. The van der Waals surface area contributed by atoms with Gasteiger partial charge in [0.2, 0.25) is 5.95 Å². The Morgan fingerprint density at radius 2 is 0.721 bits per heavy atom. The van der Waals surface area contributed by atoms with Crippen LogP contribution in [0.5, 0.6) is 0 Å². The number of benzene rings is 8. The Labute approximate surface area is 356 Å². The van der Waals surface area contributed by atoms with Crippen LogP contribution < -0.4 is 19.6 Å². The molecule has 1 aliphatic heterocycles. The molecule has 8 aromatic carbocycles. The summed E-state index contributed by atoms with van der Waals surface area (Å²) in [4.78, 5) is 14.8. The minimum absolute atomic E-state index is 0.792. The quantitative estimate of drug-likeness (QED) is 0.173. The largest absolute Gasteiger partial charge is 0.311 e. The molecule has 0 N–H and O–H groups in total. The van der Waals surface area contributed by atoms with Crippen molar-refractivity contribution in [3.8, 4) is 5.69 Å². The van der Waals surface area contributed by atoms with E-state index in [0.29, 0.717) is 0 Å². The van der Waals surface area contributed by atoms with E-state index in [2.05, 4.69) is 255 Å². The van der Waals surface area contributed by atoms with Gasteiger partial charge in [-0.15, -0.1) is 0 Å². The molecule has 0 amide bonds. The maximum Gasteiger partial charge on any atom is 0.220 e. The van der Waals surface area contributed by atoms with Crippen molar-refractivity contribution in [1.82, 2.24) is 9.55 Å². The summed E-state index contributed by atoms with van der Waals surface area (Å²) in [6, 6.07) is 75.7. The summed E-state index contributed by atoms with van der Waals surface area (Å²) < 4.78 is 2.28. The summed E-state index contributed by atoms with van der Waals surface area (Å²) in [5, 5.41) is 0. The van der Waals surface area contributed by atoms with Crippen molar-refractivity contribution in [2.45, 2.75) is 12.8 Å². The highest BCUT2D eigenvalue weighted by Gasteiger charge is 2.26. The van der Waals surface area contributed by atoms with Gasteiger partial charge in [-0.2, -0.15) is 0 Å². The van der Waals surface area contributed by atoms with Crippen molar-refractivity contribution in [3.63, 3.8) is 0 Å².